The minimum absolute atomic E-state index is 0.0285. The molecular weight excluding hydrogens is 278 g/mol. The van der Waals surface area contributed by atoms with E-state index in [0.29, 0.717) is 26.2 Å². The molecule has 0 radical (unpaired) electrons. The molecule has 4 nitrogen and oxygen atoms in total. The molecule has 116 valence electrons. The number of hydrogen-bond acceptors (Lipinski definition) is 3. The minimum Gasteiger partial charge on any atom is -0.381 e. The number of halogens is 2. The van der Waals surface area contributed by atoms with E-state index in [1.165, 1.54) is 0 Å². The molecule has 1 aromatic carbocycles. The van der Waals surface area contributed by atoms with E-state index in [9.17, 15) is 13.6 Å². The van der Waals surface area contributed by atoms with Gasteiger partial charge in [-0.2, -0.15) is 0 Å². The Hall–Kier alpha value is -1.69. The SMILES string of the molecule is CCNc1c(F)cc(C(=O)N2CCCOC(C)C2)cc1F. The van der Waals surface area contributed by atoms with Gasteiger partial charge in [0.1, 0.15) is 17.3 Å². The molecule has 0 saturated carbocycles. The number of nitrogens with one attached hydrogen (secondary N) is 1. The van der Waals surface area contributed by atoms with Gasteiger partial charge in [0.05, 0.1) is 6.10 Å². The molecule has 1 aliphatic heterocycles. The Morgan fingerprint density at radius 1 is 1.43 bits per heavy atom. The van der Waals surface area contributed by atoms with Gasteiger partial charge < -0.3 is 15.0 Å². The molecular formula is C15H20F2N2O2. The predicted octanol–water partition coefficient (Wildman–Crippen LogP) is 2.65. The summed E-state index contributed by atoms with van der Waals surface area (Å²) < 4.78 is 33.2. The van der Waals surface area contributed by atoms with Crippen LogP contribution in [0.5, 0.6) is 0 Å². The minimum atomic E-state index is -0.751. The van der Waals surface area contributed by atoms with Gasteiger partial charge in [0.15, 0.2) is 0 Å². The molecule has 1 fully saturated rings. The zero-order valence-corrected chi connectivity index (χ0v) is 12.3. The maximum atomic E-state index is 13.9. The van der Waals surface area contributed by atoms with Gasteiger partial charge >= 0.3 is 0 Å². The molecule has 1 atom stereocenters. The molecule has 1 amide bonds. The van der Waals surface area contributed by atoms with E-state index in [0.717, 1.165) is 18.6 Å². The summed E-state index contributed by atoms with van der Waals surface area (Å²) in [5, 5.41) is 2.61. The van der Waals surface area contributed by atoms with Crippen molar-refractivity contribution in [3.63, 3.8) is 0 Å². The van der Waals surface area contributed by atoms with Crippen LogP contribution in [0.4, 0.5) is 14.5 Å². The Morgan fingerprint density at radius 2 is 2.10 bits per heavy atom. The molecule has 0 aliphatic carbocycles. The van der Waals surface area contributed by atoms with E-state index in [1.54, 1.807) is 11.8 Å². The fraction of sp³-hybridized carbons (Fsp3) is 0.533. The van der Waals surface area contributed by atoms with Gasteiger partial charge in [-0.3, -0.25) is 4.79 Å². The highest BCUT2D eigenvalue weighted by Gasteiger charge is 2.23. The van der Waals surface area contributed by atoms with Crippen LogP contribution in [0.2, 0.25) is 0 Å². The summed E-state index contributed by atoms with van der Waals surface area (Å²) in [6, 6.07) is 2.17. The number of carbonyl (C=O) groups excluding carboxylic acids is 1. The maximum absolute atomic E-state index is 13.9. The van der Waals surface area contributed by atoms with E-state index in [1.807, 2.05) is 6.92 Å². The normalized spacial score (nSPS) is 19.2. The van der Waals surface area contributed by atoms with Crippen LogP contribution in [0, 0.1) is 11.6 Å². The second-order valence-corrected chi connectivity index (χ2v) is 5.13. The number of benzene rings is 1. The molecule has 1 heterocycles. The first-order valence-corrected chi connectivity index (χ1v) is 7.16. The predicted molar refractivity (Wildman–Crippen MR) is 76.5 cm³/mol. The number of hydrogen-bond donors (Lipinski definition) is 1. The lowest BCUT2D eigenvalue weighted by Gasteiger charge is -2.22. The van der Waals surface area contributed by atoms with Crippen LogP contribution in [0.1, 0.15) is 30.6 Å². The molecule has 1 saturated heterocycles. The van der Waals surface area contributed by atoms with Gasteiger partial charge in [0.2, 0.25) is 0 Å². The molecule has 1 aromatic rings. The average Bonchev–Trinajstić information content (AvgIpc) is 2.66. The first-order chi connectivity index (χ1) is 10.0. The average molecular weight is 298 g/mol. The van der Waals surface area contributed by atoms with Crippen molar-refractivity contribution in [2.75, 3.05) is 31.6 Å². The number of rotatable bonds is 3. The molecule has 21 heavy (non-hydrogen) atoms. The highest BCUT2D eigenvalue weighted by molar-refractivity contribution is 5.94. The van der Waals surface area contributed by atoms with Crippen molar-refractivity contribution < 1.29 is 18.3 Å². The Kier molecular flexibility index (Phi) is 5.12. The lowest BCUT2D eigenvalue weighted by molar-refractivity contribution is 0.0562. The smallest absolute Gasteiger partial charge is 0.254 e. The van der Waals surface area contributed by atoms with Crippen LogP contribution >= 0.6 is 0 Å². The maximum Gasteiger partial charge on any atom is 0.254 e. The largest absolute Gasteiger partial charge is 0.381 e. The lowest BCUT2D eigenvalue weighted by atomic mass is 10.1. The van der Waals surface area contributed by atoms with Crippen molar-refractivity contribution >= 4 is 11.6 Å². The monoisotopic (exact) mass is 298 g/mol. The molecule has 1 N–H and O–H groups in total. The van der Waals surface area contributed by atoms with Crippen molar-refractivity contribution in [1.29, 1.82) is 0 Å². The number of amides is 1. The summed E-state index contributed by atoms with van der Waals surface area (Å²) in [5.74, 6) is -1.87. The van der Waals surface area contributed by atoms with Gasteiger partial charge in [0, 0.05) is 31.8 Å². The molecule has 0 bridgehead atoms. The number of anilines is 1. The van der Waals surface area contributed by atoms with Crippen molar-refractivity contribution in [3.8, 4) is 0 Å². The van der Waals surface area contributed by atoms with Crippen molar-refractivity contribution in [1.82, 2.24) is 4.90 Å². The molecule has 2 rings (SSSR count). The quantitative estimate of drug-likeness (QED) is 0.933. The summed E-state index contributed by atoms with van der Waals surface area (Å²) in [6.45, 7) is 5.57. The summed E-state index contributed by atoms with van der Waals surface area (Å²) >= 11 is 0. The van der Waals surface area contributed by atoms with Crippen LogP contribution in [0.15, 0.2) is 12.1 Å². The third kappa shape index (κ3) is 3.69. The standard InChI is InChI=1S/C15H20F2N2O2/c1-3-18-14-12(16)7-11(8-13(14)17)15(20)19-5-4-6-21-10(2)9-19/h7-8,10,18H,3-6,9H2,1-2H3. The third-order valence-electron chi connectivity index (χ3n) is 3.38. The fourth-order valence-corrected chi connectivity index (χ4v) is 2.40. The first-order valence-electron chi connectivity index (χ1n) is 7.16. The van der Waals surface area contributed by atoms with E-state index < -0.39 is 11.6 Å². The molecule has 0 aromatic heterocycles. The van der Waals surface area contributed by atoms with Crippen LogP contribution in [-0.2, 0) is 4.74 Å². The summed E-state index contributed by atoms with van der Waals surface area (Å²) in [5.41, 5.74) is -0.164. The van der Waals surface area contributed by atoms with E-state index in [-0.39, 0.29) is 23.3 Å². The zero-order valence-electron chi connectivity index (χ0n) is 12.3. The Labute approximate surface area is 123 Å². The highest BCUT2D eigenvalue weighted by Crippen LogP contribution is 2.22. The van der Waals surface area contributed by atoms with Gasteiger partial charge in [-0.05, 0) is 32.4 Å². The van der Waals surface area contributed by atoms with Gasteiger partial charge in [-0.15, -0.1) is 0 Å². The van der Waals surface area contributed by atoms with Crippen LogP contribution < -0.4 is 5.32 Å². The van der Waals surface area contributed by atoms with Gasteiger partial charge in [-0.1, -0.05) is 0 Å². The highest BCUT2D eigenvalue weighted by atomic mass is 19.1. The Bertz CT molecular complexity index is 499. The van der Waals surface area contributed by atoms with Crippen molar-refractivity contribution in [2.45, 2.75) is 26.4 Å². The van der Waals surface area contributed by atoms with Crippen LogP contribution in [0.3, 0.4) is 0 Å². The van der Waals surface area contributed by atoms with Gasteiger partial charge in [-0.25, -0.2) is 8.78 Å². The van der Waals surface area contributed by atoms with E-state index >= 15 is 0 Å². The number of ether oxygens (including phenoxy) is 1. The topological polar surface area (TPSA) is 41.6 Å². The molecule has 1 unspecified atom stereocenters. The molecule has 6 heteroatoms. The third-order valence-corrected chi connectivity index (χ3v) is 3.38. The Morgan fingerprint density at radius 3 is 2.71 bits per heavy atom. The Balaban J connectivity index is 2.22. The lowest BCUT2D eigenvalue weighted by Crippen LogP contribution is -2.36. The van der Waals surface area contributed by atoms with E-state index in [4.69, 9.17) is 4.74 Å². The second-order valence-electron chi connectivity index (χ2n) is 5.13. The van der Waals surface area contributed by atoms with Crippen LogP contribution in [-0.4, -0.2) is 43.2 Å². The fourth-order valence-electron chi connectivity index (χ4n) is 2.40. The van der Waals surface area contributed by atoms with E-state index in [2.05, 4.69) is 5.32 Å². The first kappa shape index (κ1) is 15.7. The number of nitrogens with zero attached hydrogens (tertiary/aromatic N) is 1. The number of carbonyl (C=O) groups is 1. The second kappa shape index (κ2) is 6.85. The summed E-state index contributed by atoms with van der Waals surface area (Å²) in [4.78, 5) is 14.0. The molecule has 1 aliphatic rings. The van der Waals surface area contributed by atoms with Crippen molar-refractivity contribution in [3.05, 3.63) is 29.3 Å². The van der Waals surface area contributed by atoms with Crippen LogP contribution in [0.25, 0.3) is 0 Å². The van der Waals surface area contributed by atoms with Gasteiger partial charge in [0.25, 0.3) is 5.91 Å². The summed E-state index contributed by atoms with van der Waals surface area (Å²) in [6.07, 6.45) is 0.642. The zero-order chi connectivity index (χ0) is 15.4. The summed E-state index contributed by atoms with van der Waals surface area (Å²) in [7, 11) is 0. The molecule has 0 spiro atoms. The van der Waals surface area contributed by atoms with Crippen molar-refractivity contribution in [2.24, 2.45) is 0 Å².